The fourth-order valence-electron chi connectivity index (χ4n) is 1.30. The number of rotatable bonds is 6. The fraction of sp³-hybridized carbons (Fsp3) is 0.500. The number of hydrogen-bond donors (Lipinski definition) is 1. The third-order valence-electron chi connectivity index (χ3n) is 2.04. The minimum absolute atomic E-state index is 0.316. The lowest BCUT2D eigenvalue weighted by molar-refractivity contribution is 0.0243. The molecule has 0 heterocycles. The number of aliphatic hydroxyl groups excluding tert-OH is 1. The maximum Gasteiger partial charge on any atom is 0.0773 e. The summed E-state index contributed by atoms with van der Waals surface area (Å²) in [5.41, 5.74) is 1.15. The zero-order chi connectivity index (χ0) is 10.2. The van der Waals surface area contributed by atoms with Crippen LogP contribution in [0.3, 0.4) is 0 Å². The first-order valence-corrected chi connectivity index (χ1v) is 5.12. The van der Waals surface area contributed by atoms with Crippen LogP contribution in [0.15, 0.2) is 30.3 Å². The van der Waals surface area contributed by atoms with Gasteiger partial charge in [0.25, 0.3) is 0 Å². The van der Waals surface area contributed by atoms with Gasteiger partial charge >= 0.3 is 0 Å². The highest BCUT2D eigenvalue weighted by atomic mass is 16.5. The van der Waals surface area contributed by atoms with Crippen LogP contribution in [0.5, 0.6) is 0 Å². The van der Waals surface area contributed by atoms with Gasteiger partial charge in [-0.1, -0.05) is 43.7 Å². The van der Waals surface area contributed by atoms with Crippen molar-refractivity contribution in [3.63, 3.8) is 0 Å². The normalized spacial score (nSPS) is 12.7. The minimum Gasteiger partial charge on any atom is -0.391 e. The molecule has 0 aromatic heterocycles. The molecule has 0 radical (unpaired) electrons. The molecule has 0 amide bonds. The van der Waals surface area contributed by atoms with E-state index in [-0.39, 0.29) is 6.10 Å². The first kappa shape index (κ1) is 11.2. The van der Waals surface area contributed by atoms with E-state index < -0.39 is 0 Å². The molecule has 1 N–H and O–H groups in total. The standard InChI is InChI=1S/C12H18O2/c1-2-6-12(13)10-14-9-11-7-4-3-5-8-11/h3-5,7-8,12-13H,2,6,9-10H2,1H3/t12-/m0/s1. The van der Waals surface area contributed by atoms with E-state index in [9.17, 15) is 5.11 Å². The highest BCUT2D eigenvalue weighted by molar-refractivity contribution is 5.13. The van der Waals surface area contributed by atoms with E-state index >= 15 is 0 Å². The van der Waals surface area contributed by atoms with Crippen molar-refractivity contribution in [2.75, 3.05) is 6.61 Å². The molecule has 1 aromatic rings. The summed E-state index contributed by atoms with van der Waals surface area (Å²) >= 11 is 0. The van der Waals surface area contributed by atoms with E-state index in [0.717, 1.165) is 18.4 Å². The molecule has 0 saturated heterocycles. The lowest BCUT2D eigenvalue weighted by Crippen LogP contribution is -2.14. The largest absolute Gasteiger partial charge is 0.391 e. The van der Waals surface area contributed by atoms with Crippen molar-refractivity contribution in [1.29, 1.82) is 0 Å². The Morgan fingerprint density at radius 3 is 2.64 bits per heavy atom. The third kappa shape index (κ3) is 4.40. The average molecular weight is 194 g/mol. The zero-order valence-electron chi connectivity index (χ0n) is 8.65. The summed E-state index contributed by atoms with van der Waals surface area (Å²) in [6.45, 7) is 3.07. The number of aliphatic hydroxyl groups is 1. The first-order valence-electron chi connectivity index (χ1n) is 5.12. The Kier molecular flexibility index (Phi) is 5.27. The van der Waals surface area contributed by atoms with Crippen LogP contribution in [0.1, 0.15) is 25.3 Å². The molecule has 0 saturated carbocycles. The van der Waals surface area contributed by atoms with Crippen LogP contribution in [0.4, 0.5) is 0 Å². The van der Waals surface area contributed by atoms with Crippen molar-refractivity contribution in [2.45, 2.75) is 32.5 Å². The van der Waals surface area contributed by atoms with Crippen molar-refractivity contribution in [3.8, 4) is 0 Å². The highest BCUT2D eigenvalue weighted by Gasteiger charge is 2.01. The maximum absolute atomic E-state index is 9.40. The Morgan fingerprint density at radius 1 is 1.29 bits per heavy atom. The molecule has 0 aliphatic rings. The molecule has 1 rings (SSSR count). The van der Waals surface area contributed by atoms with Crippen molar-refractivity contribution in [2.24, 2.45) is 0 Å². The molecular weight excluding hydrogens is 176 g/mol. The van der Waals surface area contributed by atoms with Crippen LogP contribution in [0.2, 0.25) is 0 Å². The van der Waals surface area contributed by atoms with E-state index in [1.54, 1.807) is 0 Å². The van der Waals surface area contributed by atoms with Crippen molar-refractivity contribution < 1.29 is 9.84 Å². The first-order chi connectivity index (χ1) is 6.83. The van der Waals surface area contributed by atoms with Crippen LogP contribution in [-0.4, -0.2) is 17.8 Å². The van der Waals surface area contributed by atoms with Gasteiger partial charge in [0.15, 0.2) is 0 Å². The van der Waals surface area contributed by atoms with Gasteiger partial charge < -0.3 is 9.84 Å². The maximum atomic E-state index is 9.40. The molecule has 0 fully saturated rings. The lowest BCUT2D eigenvalue weighted by atomic mass is 10.2. The predicted octanol–water partition coefficient (Wildman–Crippen LogP) is 2.36. The Balaban J connectivity index is 2.16. The SMILES string of the molecule is CCC[C@H](O)COCc1ccccc1. The summed E-state index contributed by atoms with van der Waals surface area (Å²) in [5.74, 6) is 0. The third-order valence-corrected chi connectivity index (χ3v) is 2.04. The molecule has 0 aliphatic heterocycles. The van der Waals surface area contributed by atoms with Crippen LogP contribution < -0.4 is 0 Å². The lowest BCUT2D eigenvalue weighted by Gasteiger charge is -2.09. The van der Waals surface area contributed by atoms with Crippen LogP contribution in [0, 0.1) is 0 Å². The summed E-state index contributed by atoms with van der Waals surface area (Å²) in [7, 11) is 0. The number of ether oxygens (including phenoxy) is 1. The molecule has 0 spiro atoms. The average Bonchev–Trinajstić information content (AvgIpc) is 2.20. The Hall–Kier alpha value is -0.860. The second-order valence-corrected chi connectivity index (χ2v) is 3.44. The van der Waals surface area contributed by atoms with Gasteiger partial charge in [-0.25, -0.2) is 0 Å². The topological polar surface area (TPSA) is 29.5 Å². The van der Waals surface area contributed by atoms with Crippen LogP contribution in [0.25, 0.3) is 0 Å². The van der Waals surface area contributed by atoms with Gasteiger partial charge in [-0.2, -0.15) is 0 Å². The molecular formula is C12H18O2. The van der Waals surface area contributed by atoms with Gasteiger partial charge in [-0.3, -0.25) is 0 Å². The van der Waals surface area contributed by atoms with E-state index in [1.807, 2.05) is 30.3 Å². The summed E-state index contributed by atoms with van der Waals surface area (Å²) in [6, 6.07) is 10.00. The second kappa shape index (κ2) is 6.57. The minimum atomic E-state index is -0.316. The molecule has 0 unspecified atom stereocenters. The quantitative estimate of drug-likeness (QED) is 0.753. The van der Waals surface area contributed by atoms with Gasteiger partial charge in [0.05, 0.1) is 19.3 Å². The van der Waals surface area contributed by atoms with E-state index in [2.05, 4.69) is 6.92 Å². The van der Waals surface area contributed by atoms with E-state index in [1.165, 1.54) is 0 Å². The van der Waals surface area contributed by atoms with E-state index in [0.29, 0.717) is 13.2 Å². The zero-order valence-corrected chi connectivity index (χ0v) is 8.65. The summed E-state index contributed by atoms with van der Waals surface area (Å²) in [4.78, 5) is 0. The summed E-state index contributed by atoms with van der Waals surface area (Å²) in [6.07, 6.45) is 1.49. The molecule has 2 heteroatoms. The molecule has 1 atom stereocenters. The Labute approximate surface area is 85.5 Å². The molecule has 78 valence electrons. The van der Waals surface area contributed by atoms with Crippen molar-refractivity contribution in [3.05, 3.63) is 35.9 Å². The molecule has 1 aromatic carbocycles. The van der Waals surface area contributed by atoms with Crippen molar-refractivity contribution in [1.82, 2.24) is 0 Å². The van der Waals surface area contributed by atoms with E-state index in [4.69, 9.17) is 4.74 Å². The van der Waals surface area contributed by atoms with Gasteiger partial charge in [0.1, 0.15) is 0 Å². The Bertz CT molecular complexity index is 233. The molecule has 0 bridgehead atoms. The Morgan fingerprint density at radius 2 is 2.00 bits per heavy atom. The smallest absolute Gasteiger partial charge is 0.0773 e. The predicted molar refractivity (Wildman–Crippen MR) is 57.0 cm³/mol. The number of benzene rings is 1. The summed E-state index contributed by atoms with van der Waals surface area (Å²) < 4.78 is 5.38. The molecule has 0 aliphatic carbocycles. The van der Waals surface area contributed by atoms with Crippen molar-refractivity contribution >= 4 is 0 Å². The van der Waals surface area contributed by atoms with Gasteiger partial charge in [0.2, 0.25) is 0 Å². The van der Waals surface area contributed by atoms with Gasteiger partial charge in [-0.05, 0) is 12.0 Å². The molecule has 14 heavy (non-hydrogen) atoms. The second-order valence-electron chi connectivity index (χ2n) is 3.44. The number of hydrogen-bond acceptors (Lipinski definition) is 2. The van der Waals surface area contributed by atoms with Gasteiger partial charge in [0, 0.05) is 0 Å². The molecule has 2 nitrogen and oxygen atoms in total. The van der Waals surface area contributed by atoms with Crippen LogP contribution >= 0.6 is 0 Å². The fourth-order valence-corrected chi connectivity index (χ4v) is 1.30. The monoisotopic (exact) mass is 194 g/mol. The van der Waals surface area contributed by atoms with Gasteiger partial charge in [-0.15, -0.1) is 0 Å². The summed E-state index contributed by atoms with van der Waals surface area (Å²) in [5, 5.41) is 9.40. The highest BCUT2D eigenvalue weighted by Crippen LogP contribution is 2.02. The van der Waals surface area contributed by atoms with Crippen LogP contribution in [-0.2, 0) is 11.3 Å².